The van der Waals surface area contributed by atoms with E-state index in [1.165, 1.54) is 25.7 Å². The van der Waals surface area contributed by atoms with Gasteiger partial charge in [-0.25, -0.2) is 4.79 Å². The number of amides is 3. The number of anilines is 1. The number of carbonyl (C=O) groups excluding carboxylic acids is 2. The smallest absolute Gasteiger partial charge is 0.319 e. The van der Waals surface area contributed by atoms with Gasteiger partial charge in [-0.1, -0.05) is 49.2 Å². The van der Waals surface area contributed by atoms with Gasteiger partial charge in [0.2, 0.25) is 5.91 Å². The van der Waals surface area contributed by atoms with E-state index in [1.54, 1.807) is 0 Å². The van der Waals surface area contributed by atoms with Gasteiger partial charge in [0, 0.05) is 36.2 Å². The third-order valence-electron chi connectivity index (χ3n) is 5.72. The van der Waals surface area contributed by atoms with Gasteiger partial charge in [-0.15, -0.1) is 11.8 Å². The number of benzene rings is 2. The van der Waals surface area contributed by atoms with Gasteiger partial charge in [-0.3, -0.25) is 4.79 Å². The highest BCUT2D eigenvalue weighted by atomic mass is 32.2. The van der Waals surface area contributed by atoms with Crippen molar-refractivity contribution in [1.29, 1.82) is 0 Å². The Kier molecular flexibility index (Phi) is 6.95. The Labute approximate surface area is 182 Å². The molecule has 30 heavy (non-hydrogen) atoms. The van der Waals surface area contributed by atoms with Crippen LogP contribution in [0.15, 0.2) is 53.4 Å². The van der Waals surface area contributed by atoms with Crippen molar-refractivity contribution in [3.05, 3.63) is 59.7 Å². The van der Waals surface area contributed by atoms with E-state index in [2.05, 4.69) is 22.8 Å². The largest absolute Gasteiger partial charge is 0.338 e. The summed E-state index contributed by atoms with van der Waals surface area (Å²) >= 11 is 1.88. The summed E-state index contributed by atoms with van der Waals surface area (Å²) in [5.41, 5.74) is 3.00. The summed E-state index contributed by atoms with van der Waals surface area (Å²) in [5, 5.41) is 6.62. The number of hydrogen-bond donors (Lipinski definition) is 2. The van der Waals surface area contributed by atoms with Crippen LogP contribution in [0.1, 0.15) is 49.7 Å². The first kappa shape index (κ1) is 20.8. The van der Waals surface area contributed by atoms with Crippen LogP contribution in [-0.2, 0) is 17.9 Å². The van der Waals surface area contributed by atoms with Gasteiger partial charge < -0.3 is 15.5 Å². The molecule has 2 fully saturated rings. The van der Waals surface area contributed by atoms with Crippen LogP contribution >= 0.6 is 11.8 Å². The Morgan fingerprint density at radius 3 is 2.63 bits per heavy atom. The zero-order valence-corrected chi connectivity index (χ0v) is 18.0. The van der Waals surface area contributed by atoms with Crippen LogP contribution in [0, 0.1) is 0 Å². The molecule has 2 N–H and O–H groups in total. The van der Waals surface area contributed by atoms with E-state index < -0.39 is 0 Å². The maximum absolute atomic E-state index is 12.5. The first-order valence-electron chi connectivity index (χ1n) is 10.8. The van der Waals surface area contributed by atoms with Crippen molar-refractivity contribution in [2.75, 3.05) is 11.9 Å². The summed E-state index contributed by atoms with van der Waals surface area (Å²) in [5.74, 6) is 0.229. The fraction of sp³-hybridized carbons (Fsp3) is 0.417. The van der Waals surface area contributed by atoms with Crippen molar-refractivity contribution in [2.45, 2.75) is 61.8 Å². The fourth-order valence-corrected chi connectivity index (χ4v) is 5.47. The summed E-state index contributed by atoms with van der Waals surface area (Å²) in [4.78, 5) is 27.4. The molecule has 2 aromatic rings. The van der Waals surface area contributed by atoms with Crippen LogP contribution in [0.5, 0.6) is 0 Å². The highest BCUT2D eigenvalue weighted by Crippen LogP contribution is 2.37. The summed E-state index contributed by atoms with van der Waals surface area (Å²) in [6.45, 7) is 1.93. The minimum Gasteiger partial charge on any atom is -0.338 e. The molecule has 1 saturated carbocycles. The Morgan fingerprint density at radius 2 is 1.83 bits per heavy atom. The molecule has 0 aromatic heterocycles. The van der Waals surface area contributed by atoms with Crippen molar-refractivity contribution in [3.63, 3.8) is 0 Å². The normalized spacial score (nSPS) is 16.8. The van der Waals surface area contributed by atoms with Crippen LogP contribution in [0.4, 0.5) is 10.5 Å². The van der Waals surface area contributed by atoms with Crippen LogP contribution in [0.3, 0.4) is 0 Å². The summed E-state index contributed by atoms with van der Waals surface area (Å²) in [6, 6.07) is 15.9. The minimum absolute atomic E-state index is 0.199. The summed E-state index contributed by atoms with van der Waals surface area (Å²) in [6.07, 6.45) is 6.72. The van der Waals surface area contributed by atoms with Crippen molar-refractivity contribution >= 4 is 29.4 Å². The molecule has 0 spiro atoms. The minimum atomic E-state index is -0.199. The number of nitrogens with one attached hydrogen (secondary N) is 2. The fourth-order valence-electron chi connectivity index (χ4n) is 4.14. The van der Waals surface area contributed by atoms with Gasteiger partial charge in [-0.2, -0.15) is 0 Å². The SMILES string of the molecule is O=C(NCc1cccc(CN2CCCC2=O)c1)Nc1ccccc1SC1CCCC1. The predicted molar refractivity (Wildman–Crippen MR) is 122 cm³/mol. The standard InChI is InChI=1S/C24H29N3O2S/c28-23-13-6-14-27(23)17-19-8-5-7-18(15-19)16-25-24(29)26-21-11-3-4-12-22(21)30-20-9-1-2-10-20/h3-5,7-8,11-12,15,20H,1-2,6,9-10,13-14,16-17H2,(H2,25,26,29). The maximum Gasteiger partial charge on any atom is 0.319 e. The highest BCUT2D eigenvalue weighted by molar-refractivity contribution is 8.00. The second-order valence-corrected chi connectivity index (χ2v) is 9.41. The van der Waals surface area contributed by atoms with E-state index in [1.807, 2.05) is 53.1 Å². The Hall–Kier alpha value is -2.47. The van der Waals surface area contributed by atoms with Crippen LogP contribution in [-0.4, -0.2) is 28.6 Å². The van der Waals surface area contributed by atoms with Crippen LogP contribution in [0.2, 0.25) is 0 Å². The Morgan fingerprint density at radius 1 is 1.03 bits per heavy atom. The summed E-state index contributed by atoms with van der Waals surface area (Å²) in [7, 11) is 0. The number of para-hydroxylation sites is 1. The molecule has 2 aliphatic rings. The van der Waals surface area contributed by atoms with Crippen molar-refractivity contribution in [2.24, 2.45) is 0 Å². The van der Waals surface area contributed by atoms with Crippen molar-refractivity contribution in [3.8, 4) is 0 Å². The quantitative estimate of drug-likeness (QED) is 0.646. The molecule has 3 amide bonds. The average Bonchev–Trinajstić information content (AvgIpc) is 3.40. The Balaban J connectivity index is 1.31. The Bertz CT molecular complexity index is 896. The number of rotatable bonds is 7. The third kappa shape index (κ3) is 5.57. The second kappa shape index (κ2) is 10.0. The lowest BCUT2D eigenvalue weighted by molar-refractivity contribution is -0.128. The maximum atomic E-state index is 12.5. The van der Waals surface area contributed by atoms with E-state index in [0.29, 0.717) is 24.8 Å². The average molecular weight is 424 g/mol. The second-order valence-electron chi connectivity index (χ2n) is 8.07. The van der Waals surface area contributed by atoms with E-state index in [4.69, 9.17) is 0 Å². The molecule has 0 atom stereocenters. The topological polar surface area (TPSA) is 61.4 Å². The molecule has 5 nitrogen and oxygen atoms in total. The monoisotopic (exact) mass is 423 g/mol. The van der Waals surface area contributed by atoms with E-state index in [-0.39, 0.29) is 11.9 Å². The molecule has 1 heterocycles. The molecule has 158 valence electrons. The number of thioether (sulfide) groups is 1. The predicted octanol–water partition coefficient (Wildman–Crippen LogP) is 5.17. The lowest BCUT2D eigenvalue weighted by Gasteiger charge is -2.16. The number of carbonyl (C=O) groups is 2. The number of nitrogens with zero attached hydrogens (tertiary/aromatic N) is 1. The molecule has 1 aliphatic carbocycles. The third-order valence-corrected chi connectivity index (χ3v) is 7.14. The lowest BCUT2D eigenvalue weighted by Crippen LogP contribution is -2.28. The van der Waals surface area contributed by atoms with Gasteiger partial charge in [0.15, 0.2) is 0 Å². The highest BCUT2D eigenvalue weighted by Gasteiger charge is 2.20. The zero-order valence-electron chi connectivity index (χ0n) is 17.2. The first-order valence-corrected chi connectivity index (χ1v) is 11.7. The first-order chi connectivity index (χ1) is 14.7. The molecular formula is C24H29N3O2S. The van der Waals surface area contributed by atoms with Gasteiger partial charge in [0.1, 0.15) is 0 Å². The molecule has 2 aromatic carbocycles. The lowest BCUT2D eigenvalue weighted by atomic mass is 10.1. The van der Waals surface area contributed by atoms with E-state index >= 15 is 0 Å². The van der Waals surface area contributed by atoms with Crippen molar-refractivity contribution in [1.82, 2.24) is 10.2 Å². The number of urea groups is 1. The van der Waals surface area contributed by atoms with Gasteiger partial charge in [0.25, 0.3) is 0 Å². The summed E-state index contributed by atoms with van der Waals surface area (Å²) < 4.78 is 0. The molecule has 4 rings (SSSR count). The molecule has 0 unspecified atom stereocenters. The molecule has 6 heteroatoms. The molecule has 1 saturated heterocycles. The van der Waals surface area contributed by atoms with Gasteiger partial charge in [-0.05, 0) is 42.5 Å². The molecular weight excluding hydrogens is 394 g/mol. The molecule has 0 bridgehead atoms. The van der Waals surface area contributed by atoms with Crippen LogP contribution < -0.4 is 10.6 Å². The van der Waals surface area contributed by atoms with Gasteiger partial charge >= 0.3 is 6.03 Å². The van der Waals surface area contributed by atoms with E-state index in [9.17, 15) is 9.59 Å². The zero-order chi connectivity index (χ0) is 20.8. The molecule has 0 radical (unpaired) electrons. The van der Waals surface area contributed by atoms with Gasteiger partial charge in [0.05, 0.1) is 5.69 Å². The van der Waals surface area contributed by atoms with Crippen molar-refractivity contribution < 1.29 is 9.59 Å². The number of likely N-dealkylation sites (tertiary alicyclic amines) is 1. The molecule has 1 aliphatic heterocycles. The van der Waals surface area contributed by atoms with Crippen LogP contribution in [0.25, 0.3) is 0 Å². The van der Waals surface area contributed by atoms with E-state index in [0.717, 1.165) is 34.7 Å². The number of hydrogen-bond acceptors (Lipinski definition) is 3.